The van der Waals surface area contributed by atoms with Crippen LogP contribution in [0.4, 0.5) is 0 Å². The maximum Gasteiger partial charge on any atom is 0.276 e. The number of piperidine rings is 2. The minimum atomic E-state index is -0.0219. The fourth-order valence-corrected chi connectivity index (χ4v) is 4.61. The lowest BCUT2D eigenvalue weighted by Gasteiger charge is -2.42. The number of amides is 1. The maximum atomic E-state index is 12.9. The van der Waals surface area contributed by atoms with Crippen molar-refractivity contribution in [3.8, 4) is 0 Å². The highest BCUT2D eigenvalue weighted by Gasteiger charge is 2.31. The van der Waals surface area contributed by atoms with Gasteiger partial charge in [-0.05, 0) is 56.2 Å². The number of aryl methyl sites for hydroxylation is 1. The maximum absolute atomic E-state index is 12.9. The summed E-state index contributed by atoms with van der Waals surface area (Å²) in [4.78, 5) is 17.3. The Hall–Kier alpha value is -2.25. The highest BCUT2D eigenvalue weighted by atomic mass is 16.3. The van der Waals surface area contributed by atoms with Gasteiger partial charge in [-0.1, -0.05) is 29.5 Å². The fourth-order valence-electron chi connectivity index (χ4n) is 4.61. The molecule has 3 heterocycles. The van der Waals surface area contributed by atoms with Crippen molar-refractivity contribution in [1.82, 2.24) is 24.8 Å². The molecule has 1 atom stereocenters. The zero-order chi connectivity index (χ0) is 20.2. The number of hydrogen-bond donors (Lipinski definition) is 1. The average Bonchev–Trinajstić information content (AvgIpc) is 3.23. The lowest BCUT2D eigenvalue weighted by molar-refractivity contribution is 0.0452. The van der Waals surface area contributed by atoms with Gasteiger partial charge in [-0.25, -0.2) is 4.68 Å². The van der Waals surface area contributed by atoms with E-state index in [2.05, 4.69) is 34.3 Å². The number of carbonyl (C=O) groups is 1. The van der Waals surface area contributed by atoms with Gasteiger partial charge in [0.2, 0.25) is 0 Å². The first-order chi connectivity index (χ1) is 14.1. The molecule has 1 N–H and O–H groups in total. The summed E-state index contributed by atoms with van der Waals surface area (Å²) in [5.41, 5.74) is 2.81. The summed E-state index contributed by atoms with van der Waals surface area (Å²) < 4.78 is 1.74. The lowest BCUT2D eigenvalue weighted by atomic mass is 9.94. The molecule has 0 radical (unpaired) electrons. The van der Waals surface area contributed by atoms with Gasteiger partial charge in [0.05, 0.1) is 12.7 Å². The van der Waals surface area contributed by atoms with Crippen LogP contribution in [-0.4, -0.2) is 74.6 Å². The Kier molecular flexibility index (Phi) is 6.25. The van der Waals surface area contributed by atoms with Crippen LogP contribution < -0.4 is 0 Å². The summed E-state index contributed by atoms with van der Waals surface area (Å²) in [7, 11) is 0. The van der Waals surface area contributed by atoms with E-state index in [9.17, 15) is 9.90 Å². The van der Waals surface area contributed by atoms with Crippen molar-refractivity contribution in [2.24, 2.45) is 5.92 Å². The molecule has 1 aromatic heterocycles. The quantitative estimate of drug-likeness (QED) is 0.835. The molecule has 0 spiro atoms. The second kappa shape index (κ2) is 9.05. The minimum absolute atomic E-state index is 0.0219. The third-order valence-electron chi connectivity index (χ3n) is 6.43. The van der Waals surface area contributed by atoms with E-state index in [-0.39, 0.29) is 12.5 Å². The first-order valence-electron chi connectivity index (χ1n) is 10.7. The molecular formula is C22H31N5O2. The molecule has 0 unspecified atom stereocenters. The molecule has 2 aromatic rings. The SMILES string of the molecule is Cc1ccccc1Cn1cc(C(=O)N2CCC(N3CCC[C@@H](CO)C3)CC2)nn1. The second-order valence-electron chi connectivity index (χ2n) is 8.44. The van der Waals surface area contributed by atoms with Crippen LogP contribution in [0.15, 0.2) is 30.5 Å². The number of rotatable bonds is 5. The van der Waals surface area contributed by atoms with E-state index in [1.165, 1.54) is 11.1 Å². The predicted octanol–water partition coefficient (Wildman–Crippen LogP) is 1.94. The van der Waals surface area contributed by atoms with Crippen molar-refractivity contribution in [3.63, 3.8) is 0 Å². The second-order valence-corrected chi connectivity index (χ2v) is 8.44. The van der Waals surface area contributed by atoms with Gasteiger partial charge in [-0.2, -0.15) is 0 Å². The van der Waals surface area contributed by atoms with Gasteiger partial charge in [-0.3, -0.25) is 9.69 Å². The normalized spacial score (nSPS) is 21.4. The van der Waals surface area contributed by atoms with Gasteiger partial charge in [0.1, 0.15) is 0 Å². The molecule has 0 aliphatic carbocycles. The highest BCUT2D eigenvalue weighted by molar-refractivity contribution is 5.92. The minimum Gasteiger partial charge on any atom is -0.396 e. The first kappa shape index (κ1) is 20.0. The van der Waals surface area contributed by atoms with Crippen molar-refractivity contribution in [2.75, 3.05) is 32.8 Å². The predicted molar refractivity (Wildman–Crippen MR) is 111 cm³/mol. The van der Waals surface area contributed by atoms with Crippen LogP contribution in [0, 0.1) is 12.8 Å². The van der Waals surface area contributed by atoms with E-state index in [4.69, 9.17) is 0 Å². The molecule has 1 amide bonds. The third kappa shape index (κ3) is 4.67. The van der Waals surface area contributed by atoms with Gasteiger partial charge in [0.25, 0.3) is 5.91 Å². The summed E-state index contributed by atoms with van der Waals surface area (Å²) >= 11 is 0. The zero-order valence-electron chi connectivity index (χ0n) is 17.2. The monoisotopic (exact) mass is 397 g/mol. The van der Waals surface area contributed by atoms with Crippen molar-refractivity contribution < 1.29 is 9.90 Å². The molecule has 2 aliphatic heterocycles. The molecular weight excluding hydrogens is 366 g/mol. The molecule has 0 saturated carbocycles. The van der Waals surface area contributed by atoms with E-state index in [0.717, 1.165) is 51.9 Å². The number of aliphatic hydroxyl groups excluding tert-OH is 1. The van der Waals surface area contributed by atoms with Crippen LogP contribution in [0.1, 0.15) is 47.3 Å². The Balaban J connectivity index is 1.32. The third-order valence-corrected chi connectivity index (χ3v) is 6.43. The summed E-state index contributed by atoms with van der Waals surface area (Å²) in [6.45, 7) is 6.60. The van der Waals surface area contributed by atoms with E-state index >= 15 is 0 Å². The number of aliphatic hydroxyl groups is 1. The van der Waals surface area contributed by atoms with Crippen LogP contribution in [0.2, 0.25) is 0 Å². The van der Waals surface area contributed by atoms with E-state index in [1.807, 2.05) is 17.0 Å². The van der Waals surface area contributed by atoms with Crippen molar-refractivity contribution >= 4 is 5.91 Å². The smallest absolute Gasteiger partial charge is 0.276 e. The number of hydrogen-bond acceptors (Lipinski definition) is 5. The van der Waals surface area contributed by atoms with Crippen molar-refractivity contribution in [3.05, 3.63) is 47.3 Å². The molecule has 7 heteroatoms. The lowest BCUT2D eigenvalue weighted by Crippen LogP contribution is -2.50. The molecule has 2 aliphatic rings. The van der Waals surface area contributed by atoms with Gasteiger partial charge >= 0.3 is 0 Å². The molecule has 7 nitrogen and oxygen atoms in total. The Morgan fingerprint density at radius 3 is 2.72 bits per heavy atom. The van der Waals surface area contributed by atoms with Crippen LogP contribution in [0.25, 0.3) is 0 Å². The summed E-state index contributed by atoms with van der Waals surface area (Å²) in [5.74, 6) is 0.387. The summed E-state index contributed by atoms with van der Waals surface area (Å²) in [6.07, 6.45) is 6.02. The number of benzene rings is 1. The molecule has 4 rings (SSSR count). The number of carbonyl (C=O) groups excluding carboxylic acids is 1. The molecule has 2 fully saturated rings. The van der Waals surface area contributed by atoms with Gasteiger partial charge < -0.3 is 10.0 Å². The molecule has 2 saturated heterocycles. The van der Waals surface area contributed by atoms with Gasteiger partial charge in [0.15, 0.2) is 5.69 Å². The van der Waals surface area contributed by atoms with Crippen molar-refractivity contribution in [1.29, 1.82) is 0 Å². The molecule has 29 heavy (non-hydrogen) atoms. The van der Waals surface area contributed by atoms with E-state index in [1.54, 1.807) is 10.9 Å². The molecule has 156 valence electrons. The van der Waals surface area contributed by atoms with E-state index < -0.39 is 0 Å². The topological polar surface area (TPSA) is 74.5 Å². The standard InChI is InChI=1S/C22H31N5O2/c1-17-5-2-3-7-19(17)14-27-15-21(23-24-27)22(29)25-11-8-20(9-12-25)26-10-4-6-18(13-26)16-28/h2-3,5,7,15,18,20,28H,4,6,8-14,16H2,1H3/t18-/m1/s1. The van der Waals surface area contributed by atoms with E-state index in [0.29, 0.717) is 24.2 Å². The van der Waals surface area contributed by atoms with Crippen LogP contribution in [-0.2, 0) is 6.54 Å². The highest BCUT2D eigenvalue weighted by Crippen LogP contribution is 2.24. The molecule has 0 bridgehead atoms. The van der Waals surface area contributed by atoms with Gasteiger partial charge in [-0.15, -0.1) is 5.10 Å². The Morgan fingerprint density at radius 2 is 1.97 bits per heavy atom. The fraction of sp³-hybridized carbons (Fsp3) is 0.591. The van der Waals surface area contributed by atoms with Crippen LogP contribution in [0.3, 0.4) is 0 Å². The zero-order valence-corrected chi connectivity index (χ0v) is 17.2. The average molecular weight is 398 g/mol. The first-order valence-corrected chi connectivity index (χ1v) is 10.7. The largest absolute Gasteiger partial charge is 0.396 e. The van der Waals surface area contributed by atoms with Crippen molar-refractivity contribution in [2.45, 2.75) is 45.2 Å². The molecule has 1 aromatic carbocycles. The summed E-state index contributed by atoms with van der Waals surface area (Å²) in [6, 6.07) is 8.71. The number of aromatic nitrogens is 3. The number of nitrogens with zero attached hydrogens (tertiary/aromatic N) is 5. The van der Waals surface area contributed by atoms with Crippen LogP contribution in [0.5, 0.6) is 0 Å². The Labute approximate surface area is 172 Å². The summed E-state index contributed by atoms with van der Waals surface area (Å²) in [5, 5.41) is 17.8. The Morgan fingerprint density at radius 1 is 1.17 bits per heavy atom. The van der Waals surface area contributed by atoms with Gasteiger partial charge in [0, 0.05) is 32.3 Å². The Bertz CT molecular complexity index is 828. The van der Waals surface area contributed by atoms with Crippen LogP contribution >= 0.6 is 0 Å². The number of likely N-dealkylation sites (tertiary alicyclic amines) is 2.